The Hall–Kier alpha value is -8.47. The standard InChI is InChI=1S/C60H40N4/c1-6-19-41(20-7-1)55-40-56(42-21-8-2-9-22-42)62-58(61-55)45-24-18-23-43(37-45)44-33-35-50-51-36-34-46(59-63-54-31-16-17-32-57(54)64(59)49-29-14-5-15-30-49)39-53(51)60(52(50)38-44,47-25-10-3-11-26-47)48-27-12-4-13-28-48/h1-40H. The fourth-order valence-corrected chi connectivity index (χ4v) is 9.79. The minimum Gasteiger partial charge on any atom is -0.292 e. The molecule has 64 heavy (non-hydrogen) atoms. The first-order valence-corrected chi connectivity index (χ1v) is 21.8. The molecule has 4 nitrogen and oxygen atoms in total. The van der Waals surface area contributed by atoms with Crippen LogP contribution >= 0.6 is 0 Å². The SMILES string of the molecule is c1ccc(-c2cc(-c3ccccc3)nc(-c3cccc(-c4ccc5c(c4)C(c4ccccc4)(c4ccccc4)c4cc(-c6nc7ccccc7n6-c6ccccc6)ccc4-5)c3)n2)cc1. The highest BCUT2D eigenvalue weighted by molar-refractivity contribution is 5.91. The molecule has 0 spiro atoms. The maximum atomic E-state index is 5.31. The summed E-state index contributed by atoms with van der Waals surface area (Å²) >= 11 is 0. The van der Waals surface area contributed by atoms with Gasteiger partial charge in [0.05, 0.1) is 27.8 Å². The van der Waals surface area contributed by atoms with Gasteiger partial charge in [0.15, 0.2) is 5.82 Å². The second-order valence-electron chi connectivity index (χ2n) is 16.4. The van der Waals surface area contributed by atoms with E-state index >= 15 is 0 Å². The van der Waals surface area contributed by atoms with E-state index in [1.54, 1.807) is 0 Å². The summed E-state index contributed by atoms with van der Waals surface area (Å²) in [5, 5.41) is 0. The molecule has 9 aromatic carbocycles. The number of imidazole rings is 1. The van der Waals surface area contributed by atoms with Crippen molar-refractivity contribution in [2.24, 2.45) is 0 Å². The van der Waals surface area contributed by atoms with E-state index in [2.05, 4.69) is 235 Å². The summed E-state index contributed by atoms with van der Waals surface area (Å²) < 4.78 is 2.29. The Balaban J connectivity index is 1.05. The monoisotopic (exact) mass is 816 g/mol. The van der Waals surface area contributed by atoms with Crippen molar-refractivity contribution in [3.8, 4) is 73.2 Å². The van der Waals surface area contributed by atoms with Crippen molar-refractivity contribution in [3.63, 3.8) is 0 Å². The summed E-state index contributed by atoms with van der Waals surface area (Å²) in [6.45, 7) is 0. The van der Waals surface area contributed by atoms with E-state index in [9.17, 15) is 0 Å². The summed E-state index contributed by atoms with van der Waals surface area (Å²) in [6.07, 6.45) is 0. The molecule has 2 aromatic heterocycles. The van der Waals surface area contributed by atoms with Gasteiger partial charge in [0.2, 0.25) is 0 Å². The molecule has 0 unspecified atom stereocenters. The molecule has 0 aliphatic heterocycles. The van der Waals surface area contributed by atoms with Crippen LogP contribution in [0.1, 0.15) is 22.3 Å². The van der Waals surface area contributed by atoms with E-state index < -0.39 is 5.41 Å². The predicted octanol–water partition coefficient (Wildman–Crippen LogP) is 14.5. The number of hydrogen-bond acceptors (Lipinski definition) is 3. The molecule has 0 bridgehead atoms. The van der Waals surface area contributed by atoms with Crippen molar-refractivity contribution in [3.05, 3.63) is 265 Å². The fourth-order valence-electron chi connectivity index (χ4n) is 9.79. The first-order chi connectivity index (χ1) is 31.7. The predicted molar refractivity (Wildman–Crippen MR) is 261 cm³/mol. The van der Waals surface area contributed by atoms with E-state index in [-0.39, 0.29) is 0 Å². The summed E-state index contributed by atoms with van der Waals surface area (Å²) in [5.41, 5.74) is 17.9. The number of hydrogen-bond donors (Lipinski definition) is 0. The van der Waals surface area contributed by atoms with E-state index in [4.69, 9.17) is 15.0 Å². The number of rotatable bonds is 8. The average molecular weight is 817 g/mol. The van der Waals surface area contributed by atoms with Gasteiger partial charge >= 0.3 is 0 Å². The molecule has 0 atom stereocenters. The van der Waals surface area contributed by atoms with Gasteiger partial charge in [-0.2, -0.15) is 0 Å². The van der Waals surface area contributed by atoms with Crippen molar-refractivity contribution in [2.45, 2.75) is 5.41 Å². The number of para-hydroxylation sites is 3. The van der Waals surface area contributed by atoms with Crippen molar-refractivity contribution in [1.82, 2.24) is 19.5 Å². The van der Waals surface area contributed by atoms with E-state index in [1.165, 1.54) is 33.4 Å². The van der Waals surface area contributed by atoms with Crippen molar-refractivity contribution >= 4 is 11.0 Å². The van der Waals surface area contributed by atoms with Crippen LogP contribution < -0.4 is 0 Å². The topological polar surface area (TPSA) is 43.6 Å². The van der Waals surface area contributed by atoms with Gasteiger partial charge in [-0.3, -0.25) is 4.57 Å². The van der Waals surface area contributed by atoms with E-state index in [0.29, 0.717) is 5.82 Å². The average Bonchev–Trinajstić information content (AvgIpc) is 3.91. The normalized spacial score (nSPS) is 12.5. The maximum Gasteiger partial charge on any atom is 0.160 e. The molecule has 4 heteroatoms. The minimum absolute atomic E-state index is 0.627. The van der Waals surface area contributed by atoms with Gasteiger partial charge in [-0.05, 0) is 93.0 Å². The molecule has 0 saturated heterocycles. The molecule has 300 valence electrons. The van der Waals surface area contributed by atoms with Crippen LogP contribution in [0.4, 0.5) is 0 Å². The molecule has 11 aromatic rings. The van der Waals surface area contributed by atoms with E-state index in [1.807, 2.05) is 12.1 Å². The van der Waals surface area contributed by atoms with Gasteiger partial charge < -0.3 is 0 Å². The zero-order valence-electron chi connectivity index (χ0n) is 34.9. The highest BCUT2D eigenvalue weighted by atomic mass is 15.1. The lowest BCUT2D eigenvalue weighted by Crippen LogP contribution is -2.28. The lowest BCUT2D eigenvalue weighted by atomic mass is 9.67. The van der Waals surface area contributed by atoms with Crippen LogP contribution in [-0.2, 0) is 5.41 Å². The van der Waals surface area contributed by atoms with Crippen LogP contribution in [0.2, 0.25) is 0 Å². The Bertz CT molecular complexity index is 3370. The third-order valence-electron chi connectivity index (χ3n) is 12.7. The van der Waals surface area contributed by atoms with Gasteiger partial charge in [-0.15, -0.1) is 0 Å². The first-order valence-electron chi connectivity index (χ1n) is 21.8. The van der Waals surface area contributed by atoms with Gasteiger partial charge in [0.25, 0.3) is 0 Å². The zero-order valence-corrected chi connectivity index (χ0v) is 34.9. The molecule has 0 fully saturated rings. The molecular weight excluding hydrogens is 777 g/mol. The molecule has 0 saturated carbocycles. The highest BCUT2D eigenvalue weighted by Crippen LogP contribution is 2.57. The van der Waals surface area contributed by atoms with Gasteiger partial charge in [0, 0.05) is 27.9 Å². The molecule has 2 heterocycles. The minimum atomic E-state index is -0.627. The van der Waals surface area contributed by atoms with Crippen LogP contribution in [0, 0.1) is 0 Å². The Labute approximate surface area is 372 Å². The van der Waals surface area contributed by atoms with Crippen molar-refractivity contribution in [1.29, 1.82) is 0 Å². The first kappa shape index (κ1) is 37.3. The van der Waals surface area contributed by atoms with Crippen molar-refractivity contribution in [2.75, 3.05) is 0 Å². The second-order valence-corrected chi connectivity index (χ2v) is 16.4. The molecular formula is C60H40N4. The Kier molecular flexibility index (Phi) is 9.01. The number of aromatic nitrogens is 4. The highest BCUT2D eigenvalue weighted by Gasteiger charge is 2.46. The van der Waals surface area contributed by atoms with Crippen LogP contribution in [-0.4, -0.2) is 19.5 Å². The van der Waals surface area contributed by atoms with Gasteiger partial charge in [0.1, 0.15) is 5.82 Å². The Morgan fingerprint density at radius 1 is 0.328 bits per heavy atom. The van der Waals surface area contributed by atoms with Crippen LogP contribution in [0.25, 0.3) is 84.3 Å². The quantitative estimate of drug-likeness (QED) is 0.153. The fraction of sp³-hybridized carbons (Fsp3) is 0.0167. The van der Waals surface area contributed by atoms with Gasteiger partial charge in [-0.25, -0.2) is 15.0 Å². The lowest BCUT2D eigenvalue weighted by molar-refractivity contribution is 0.769. The van der Waals surface area contributed by atoms with Crippen LogP contribution in [0.3, 0.4) is 0 Å². The van der Waals surface area contributed by atoms with Crippen LogP contribution in [0.5, 0.6) is 0 Å². The van der Waals surface area contributed by atoms with Gasteiger partial charge in [-0.1, -0.05) is 194 Å². The number of fused-ring (bicyclic) bond motifs is 4. The smallest absolute Gasteiger partial charge is 0.160 e. The van der Waals surface area contributed by atoms with E-state index in [0.717, 1.165) is 67.3 Å². The summed E-state index contributed by atoms with van der Waals surface area (Å²) in [7, 11) is 0. The zero-order chi connectivity index (χ0) is 42.5. The number of benzene rings is 9. The molecule has 0 N–H and O–H groups in total. The summed E-state index contributed by atoms with van der Waals surface area (Å²) in [6, 6.07) is 86.4. The largest absolute Gasteiger partial charge is 0.292 e. The number of nitrogens with zero attached hydrogens (tertiary/aromatic N) is 4. The lowest BCUT2D eigenvalue weighted by Gasteiger charge is -2.34. The Morgan fingerprint density at radius 3 is 1.41 bits per heavy atom. The molecule has 0 amide bonds. The molecule has 12 rings (SSSR count). The summed E-state index contributed by atoms with van der Waals surface area (Å²) in [4.78, 5) is 15.7. The van der Waals surface area contributed by atoms with Crippen molar-refractivity contribution < 1.29 is 0 Å². The summed E-state index contributed by atoms with van der Waals surface area (Å²) in [5.74, 6) is 1.60. The third kappa shape index (κ3) is 6.19. The maximum absolute atomic E-state index is 5.31. The molecule has 1 aliphatic rings. The Morgan fingerprint density at radius 2 is 0.797 bits per heavy atom. The third-order valence-corrected chi connectivity index (χ3v) is 12.7. The molecule has 0 radical (unpaired) electrons. The molecule has 1 aliphatic carbocycles. The second kappa shape index (κ2) is 15.5. The van der Waals surface area contributed by atoms with Crippen LogP contribution in [0.15, 0.2) is 243 Å².